The van der Waals surface area contributed by atoms with Crippen LogP contribution in [0, 0.1) is 11.2 Å². The molecule has 1 atom stereocenters. The number of fused-ring (bicyclic) bond motifs is 1. The molecule has 218 valence electrons. The number of para-hydroxylation sites is 2. The molecule has 1 saturated heterocycles. The number of benzene rings is 4. The normalized spacial score (nSPS) is 15.0. The molecule has 1 fully saturated rings. The van der Waals surface area contributed by atoms with Gasteiger partial charge >= 0.3 is 0 Å². The Hall–Kier alpha value is -4.35. The third-order valence-electron chi connectivity index (χ3n) is 8.59. The van der Waals surface area contributed by atoms with Gasteiger partial charge in [-0.25, -0.2) is 9.37 Å². The monoisotopic (exact) mass is 570 g/mol. The number of nitrogens with zero attached hydrogens (tertiary/aromatic N) is 3. The molecule has 4 nitrogen and oxygen atoms in total. The largest absolute Gasteiger partial charge is 0.320 e. The first-order chi connectivity index (χ1) is 20.9. The van der Waals surface area contributed by atoms with E-state index in [0.29, 0.717) is 17.2 Å². The van der Waals surface area contributed by atoms with Gasteiger partial charge in [0.05, 0.1) is 22.8 Å². The summed E-state index contributed by atoms with van der Waals surface area (Å²) in [6, 6.07) is 32.1. The number of piperidine rings is 1. The molecule has 0 aliphatic carbocycles. The average Bonchev–Trinajstić information content (AvgIpc) is 3.41. The quantitative estimate of drug-likeness (QED) is 0.189. The zero-order valence-electron chi connectivity index (χ0n) is 25.2. The van der Waals surface area contributed by atoms with E-state index in [0.717, 1.165) is 49.1 Å². The molecule has 6 rings (SSSR count). The lowest BCUT2D eigenvalue weighted by Crippen LogP contribution is -2.33. The van der Waals surface area contributed by atoms with Crippen LogP contribution in [0.4, 0.5) is 4.39 Å². The van der Waals surface area contributed by atoms with Crippen LogP contribution in [0.15, 0.2) is 103 Å². The molecular weight excluding hydrogens is 531 g/mol. The number of rotatable bonds is 8. The Kier molecular flexibility index (Phi) is 8.35. The molecule has 1 aliphatic heterocycles. The van der Waals surface area contributed by atoms with E-state index in [4.69, 9.17) is 10.4 Å². The molecule has 0 bridgehead atoms. The summed E-state index contributed by atoms with van der Waals surface area (Å²) in [4.78, 5) is 7.71. The van der Waals surface area contributed by atoms with E-state index < -0.39 is 0 Å². The fourth-order valence-corrected chi connectivity index (χ4v) is 6.41. The van der Waals surface area contributed by atoms with Crippen molar-refractivity contribution in [2.24, 2.45) is 0 Å². The highest BCUT2D eigenvalue weighted by Crippen LogP contribution is 2.35. The number of nitrogens with one attached hydrogen (secondary N) is 1. The van der Waals surface area contributed by atoms with E-state index in [-0.39, 0.29) is 11.9 Å². The van der Waals surface area contributed by atoms with Crippen molar-refractivity contribution in [2.45, 2.75) is 52.1 Å². The molecule has 0 saturated carbocycles. The van der Waals surface area contributed by atoms with Crippen LogP contribution in [0.3, 0.4) is 0 Å². The summed E-state index contributed by atoms with van der Waals surface area (Å²) in [5.74, 6) is 1.28. The molecule has 1 aliphatic rings. The maximum absolute atomic E-state index is 13.9. The van der Waals surface area contributed by atoms with Crippen molar-refractivity contribution in [3.8, 4) is 0 Å². The highest BCUT2D eigenvalue weighted by molar-refractivity contribution is 6.12. The van der Waals surface area contributed by atoms with E-state index >= 15 is 0 Å². The molecule has 2 heterocycles. The van der Waals surface area contributed by atoms with Crippen LogP contribution in [0.5, 0.6) is 0 Å². The standard InChI is InChI=1S/C38H39FN4/c1-26(2)22-32-23-28(16-17-34(32)37(40)31-12-9-13-33(39)24-31)25-42-20-18-30(19-21-42)38-41-35-14-7-8-15-36(35)43(38)27(3)29-10-5-4-6-11-29/h4-17,22-24,27,30,40H,18-21,25H2,1-3H3. The molecule has 0 radical (unpaired) electrons. The first-order valence-electron chi connectivity index (χ1n) is 15.2. The fourth-order valence-electron chi connectivity index (χ4n) is 6.41. The van der Waals surface area contributed by atoms with Crippen molar-refractivity contribution >= 4 is 22.8 Å². The lowest BCUT2D eigenvalue weighted by atomic mass is 9.93. The van der Waals surface area contributed by atoms with Crippen LogP contribution in [0.25, 0.3) is 17.1 Å². The average molecular weight is 571 g/mol. The molecule has 43 heavy (non-hydrogen) atoms. The minimum atomic E-state index is -0.323. The van der Waals surface area contributed by atoms with E-state index in [1.54, 1.807) is 12.1 Å². The third kappa shape index (κ3) is 6.23. The molecule has 4 aromatic carbocycles. The Labute approximate surface area is 254 Å². The van der Waals surface area contributed by atoms with Gasteiger partial charge in [-0.05, 0) is 93.7 Å². The third-order valence-corrected chi connectivity index (χ3v) is 8.59. The van der Waals surface area contributed by atoms with Gasteiger partial charge in [-0.3, -0.25) is 10.3 Å². The summed E-state index contributed by atoms with van der Waals surface area (Å²) in [5.41, 5.74) is 8.71. The fraction of sp³-hybridized carbons (Fsp3) is 0.263. The Morgan fingerprint density at radius 2 is 1.67 bits per heavy atom. The van der Waals surface area contributed by atoms with Gasteiger partial charge < -0.3 is 4.57 Å². The van der Waals surface area contributed by atoms with E-state index in [9.17, 15) is 4.39 Å². The van der Waals surface area contributed by atoms with Crippen molar-refractivity contribution < 1.29 is 4.39 Å². The molecule has 1 unspecified atom stereocenters. The number of likely N-dealkylation sites (tertiary alicyclic amines) is 1. The van der Waals surface area contributed by atoms with Crippen molar-refractivity contribution in [2.75, 3.05) is 13.1 Å². The second-order valence-corrected chi connectivity index (χ2v) is 12.0. The molecular formula is C38H39FN4. The van der Waals surface area contributed by atoms with Gasteiger partial charge in [-0.2, -0.15) is 0 Å². The number of hydrogen-bond donors (Lipinski definition) is 1. The van der Waals surface area contributed by atoms with Crippen LogP contribution in [0.1, 0.15) is 79.2 Å². The Morgan fingerprint density at radius 1 is 0.930 bits per heavy atom. The number of halogens is 1. The van der Waals surface area contributed by atoms with Gasteiger partial charge in [-0.1, -0.05) is 78.4 Å². The lowest BCUT2D eigenvalue weighted by Gasteiger charge is -2.33. The van der Waals surface area contributed by atoms with Crippen LogP contribution < -0.4 is 0 Å². The second kappa shape index (κ2) is 12.5. The predicted molar refractivity (Wildman–Crippen MR) is 175 cm³/mol. The van der Waals surface area contributed by atoms with Gasteiger partial charge in [0.1, 0.15) is 11.6 Å². The zero-order valence-corrected chi connectivity index (χ0v) is 25.2. The van der Waals surface area contributed by atoms with Gasteiger partial charge in [0.15, 0.2) is 0 Å². The van der Waals surface area contributed by atoms with Crippen molar-refractivity contribution in [1.29, 1.82) is 5.41 Å². The van der Waals surface area contributed by atoms with Gasteiger partial charge in [0.25, 0.3) is 0 Å². The Bertz CT molecular complexity index is 1770. The van der Waals surface area contributed by atoms with Crippen molar-refractivity contribution in [1.82, 2.24) is 14.5 Å². The van der Waals surface area contributed by atoms with E-state index in [1.807, 2.05) is 6.07 Å². The van der Waals surface area contributed by atoms with Crippen LogP contribution in [0.2, 0.25) is 0 Å². The van der Waals surface area contributed by atoms with Crippen LogP contribution in [-0.2, 0) is 6.54 Å². The van der Waals surface area contributed by atoms with Gasteiger partial charge in [-0.15, -0.1) is 0 Å². The summed E-state index contributed by atoms with van der Waals surface area (Å²) in [6.07, 6.45) is 4.25. The summed E-state index contributed by atoms with van der Waals surface area (Å²) in [7, 11) is 0. The molecule has 0 amide bonds. The number of allylic oxidation sites excluding steroid dienone is 1. The summed E-state index contributed by atoms with van der Waals surface area (Å²) in [5, 5.41) is 8.81. The molecule has 5 aromatic rings. The topological polar surface area (TPSA) is 44.9 Å². The van der Waals surface area contributed by atoms with Crippen molar-refractivity contribution in [3.63, 3.8) is 0 Å². The van der Waals surface area contributed by atoms with Crippen molar-refractivity contribution in [3.05, 3.63) is 142 Å². The van der Waals surface area contributed by atoms with Crippen LogP contribution in [-0.4, -0.2) is 33.3 Å². The minimum Gasteiger partial charge on any atom is -0.320 e. The van der Waals surface area contributed by atoms with E-state index in [2.05, 4.69) is 103 Å². The Morgan fingerprint density at radius 3 is 2.42 bits per heavy atom. The number of aromatic nitrogens is 2. The summed E-state index contributed by atoms with van der Waals surface area (Å²) in [6.45, 7) is 9.29. The first kappa shape index (κ1) is 28.8. The molecule has 1 N–H and O–H groups in total. The summed E-state index contributed by atoms with van der Waals surface area (Å²) >= 11 is 0. The molecule has 0 spiro atoms. The number of hydrogen-bond acceptors (Lipinski definition) is 3. The highest BCUT2D eigenvalue weighted by atomic mass is 19.1. The molecule has 1 aromatic heterocycles. The SMILES string of the molecule is CC(C)=Cc1cc(CN2CCC(c3nc4ccccc4n3C(C)c3ccccc3)CC2)ccc1C(=N)c1cccc(F)c1. The Balaban J connectivity index is 1.20. The number of imidazole rings is 1. The maximum atomic E-state index is 13.9. The first-order valence-corrected chi connectivity index (χ1v) is 15.2. The highest BCUT2D eigenvalue weighted by Gasteiger charge is 2.27. The zero-order chi connectivity index (χ0) is 29.9. The summed E-state index contributed by atoms with van der Waals surface area (Å²) < 4.78 is 16.3. The van der Waals surface area contributed by atoms with Gasteiger partial charge in [0.2, 0.25) is 0 Å². The van der Waals surface area contributed by atoms with E-state index in [1.165, 1.54) is 40.2 Å². The maximum Gasteiger partial charge on any atom is 0.123 e. The molecule has 5 heteroatoms. The second-order valence-electron chi connectivity index (χ2n) is 12.0. The van der Waals surface area contributed by atoms with Gasteiger partial charge in [0, 0.05) is 23.6 Å². The minimum absolute atomic E-state index is 0.208. The van der Waals surface area contributed by atoms with Crippen LogP contribution >= 0.6 is 0 Å². The predicted octanol–water partition coefficient (Wildman–Crippen LogP) is 9.00. The lowest BCUT2D eigenvalue weighted by molar-refractivity contribution is 0.200. The smallest absolute Gasteiger partial charge is 0.123 e.